The summed E-state index contributed by atoms with van der Waals surface area (Å²) in [4.78, 5) is 30.4. The van der Waals surface area contributed by atoms with Gasteiger partial charge in [0, 0.05) is 61.4 Å². The lowest BCUT2D eigenvalue weighted by Gasteiger charge is -2.31. The molecule has 8 nitrogen and oxygen atoms in total. The number of carbonyl (C=O) groups is 2. The number of piperidine rings is 1. The number of morpholine rings is 1. The highest BCUT2D eigenvalue weighted by atomic mass is 35.5. The summed E-state index contributed by atoms with van der Waals surface area (Å²) < 4.78 is 27.5. The summed E-state index contributed by atoms with van der Waals surface area (Å²) in [5, 5.41) is 3.38. The molecule has 2 saturated heterocycles. The molecule has 2 fully saturated rings. The Labute approximate surface area is 226 Å². The van der Waals surface area contributed by atoms with Gasteiger partial charge in [0.15, 0.2) is 5.58 Å². The summed E-state index contributed by atoms with van der Waals surface area (Å²) in [5.74, 6) is 0.0785. The quantitative estimate of drug-likeness (QED) is 0.432. The van der Waals surface area contributed by atoms with E-state index in [4.69, 9.17) is 20.8 Å². The van der Waals surface area contributed by atoms with Gasteiger partial charge in [-0.15, -0.1) is 0 Å². The maximum absolute atomic E-state index is 14.6. The van der Waals surface area contributed by atoms with Gasteiger partial charge in [-0.05, 0) is 44.9 Å². The number of hydrogen-bond donors (Lipinski definition) is 1. The Morgan fingerprint density at radius 3 is 2.63 bits per heavy atom. The number of nitrogens with zero attached hydrogens (tertiary/aromatic N) is 3. The van der Waals surface area contributed by atoms with Crippen LogP contribution < -0.4 is 5.32 Å². The number of benzene rings is 1. The second-order valence-electron chi connectivity index (χ2n) is 10.1. The normalized spacial score (nSPS) is 17.3. The minimum absolute atomic E-state index is 0.0598. The van der Waals surface area contributed by atoms with Gasteiger partial charge < -0.3 is 23.9 Å². The van der Waals surface area contributed by atoms with Crippen molar-refractivity contribution in [2.45, 2.75) is 32.7 Å². The molecule has 0 spiro atoms. The van der Waals surface area contributed by atoms with Gasteiger partial charge in [0.05, 0.1) is 25.3 Å². The molecule has 1 N–H and O–H groups in total. The van der Waals surface area contributed by atoms with Crippen LogP contribution in [0, 0.1) is 18.7 Å². The molecular formula is C28H34ClFN4O4. The highest BCUT2D eigenvalue weighted by Gasteiger charge is 2.30. The topological polar surface area (TPSA) is 80.0 Å². The molecule has 2 aliphatic rings. The number of carbonyl (C=O) groups excluding carboxylic acids is 2. The number of hydrogen-bond acceptors (Lipinski definition) is 5. The molecule has 4 heterocycles. The first-order chi connectivity index (χ1) is 18.4. The van der Waals surface area contributed by atoms with Gasteiger partial charge in [-0.2, -0.15) is 0 Å². The Balaban J connectivity index is 1.20. The summed E-state index contributed by atoms with van der Waals surface area (Å²) >= 11 is 6.30. The number of amides is 2. The zero-order valence-electron chi connectivity index (χ0n) is 21.7. The molecule has 2 amide bonds. The number of aromatic nitrogens is 1. The van der Waals surface area contributed by atoms with Crippen LogP contribution in [0.1, 0.15) is 41.1 Å². The van der Waals surface area contributed by atoms with Gasteiger partial charge in [0.1, 0.15) is 17.3 Å². The molecule has 0 aliphatic carbocycles. The highest BCUT2D eigenvalue weighted by molar-refractivity contribution is 6.31. The van der Waals surface area contributed by atoms with Crippen molar-refractivity contribution in [2.75, 3.05) is 52.5 Å². The summed E-state index contributed by atoms with van der Waals surface area (Å²) in [5.41, 5.74) is 2.04. The Kier molecular flexibility index (Phi) is 8.35. The van der Waals surface area contributed by atoms with Gasteiger partial charge >= 0.3 is 0 Å². The largest absolute Gasteiger partial charge is 0.460 e. The van der Waals surface area contributed by atoms with E-state index in [9.17, 15) is 14.0 Å². The molecule has 1 aromatic carbocycles. The molecule has 0 saturated carbocycles. The fourth-order valence-electron chi connectivity index (χ4n) is 5.34. The number of aryl methyl sites for hydroxylation is 1. The van der Waals surface area contributed by atoms with Crippen LogP contribution >= 0.6 is 11.6 Å². The zero-order valence-corrected chi connectivity index (χ0v) is 22.4. The van der Waals surface area contributed by atoms with E-state index in [2.05, 4.69) is 10.2 Å². The molecule has 2 aromatic heterocycles. The van der Waals surface area contributed by atoms with E-state index in [1.165, 1.54) is 6.07 Å². The van der Waals surface area contributed by atoms with Crippen molar-refractivity contribution in [2.24, 2.45) is 5.92 Å². The van der Waals surface area contributed by atoms with E-state index in [1.54, 1.807) is 27.7 Å². The predicted molar refractivity (Wildman–Crippen MR) is 143 cm³/mol. The standard InChI is InChI=1S/C28H34ClFN4O4/c1-19-16-24-26(38-19)17-25(34(24)18-21-22(29)4-2-5-23(21)30)28(36)33-10-6-20(7-11-33)27(35)31-8-3-9-32-12-14-37-15-13-32/h2,4-5,16-17,20H,3,6-15,18H2,1H3,(H,31,35). The second kappa shape index (κ2) is 11.9. The highest BCUT2D eigenvalue weighted by Crippen LogP contribution is 2.29. The molecule has 5 rings (SSSR count). The molecule has 10 heteroatoms. The van der Waals surface area contributed by atoms with Gasteiger partial charge in [-0.1, -0.05) is 17.7 Å². The van der Waals surface area contributed by atoms with Crippen molar-refractivity contribution in [1.82, 2.24) is 19.7 Å². The van der Waals surface area contributed by atoms with E-state index >= 15 is 0 Å². The average Bonchev–Trinajstić information content (AvgIpc) is 3.45. The lowest BCUT2D eigenvalue weighted by molar-refractivity contribution is -0.126. The summed E-state index contributed by atoms with van der Waals surface area (Å²) in [7, 11) is 0. The van der Waals surface area contributed by atoms with E-state index in [1.807, 2.05) is 13.0 Å². The predicted octanol–water partition coefficient (Wildman–Crippen LogP) is 4.07. The van der Waals surface area contributed by atoms with E-state index in [0.717, 1.165) is 44.8 Å². The fraction of sp³-hybridized carbons (Fsp3) is 0.500. The number of nitrogens with one attached hydrogen (secondary N) is 1. The third kappa shape index (κ3) is 5.90. The molecular weight excluding hydrogens is 511 g/mol. The number of furan rings is 1. The number of ether oxygens (including phenoxy) is 1. The molecule has 3 aromatic rings. The monoisotopic (exact) mass is 544 g/mol. The molecule has 0 atom stereocenters. The molecule has 0 radical (unpaired) electrons. The lowest BCUT2D eigenvalue weighted by Crippen LogP contribution is -2.44. The Hall–Kier alpha value is -2.88. The lowest BCUT2D eigenvalue weighted by atomic mass is 9.95. The average molecular weight is 545 g/mol. The van der Waals surface area contributed by atoms with Crippen molar-refractivity contribution in [3.8, 4) is 0 Å². The maximum Gasteiger partial charge on any atom is 0.270 e. The summed E-state index contributed by atoms with van der Waals surface area (Å²) in [6.07, 6.45) is 2.12. The Morgan fingerprint density at radius 1 is 1.13 bits per heavy atom. The minimum atomic E-state index is -0.422. The van der Waals surface area contributed by atoms with Gasteiger partial charge in [-0.3, -0.25) is 14.5 Å². The van der Waals surface area contributed by atoms with Crippen LogP contribution in [-0.4, -0.2) is 78.7 Å². The van der Waals surface area contributed by atoms with Crippen LogP contribution in [-0.2, 0) is 16.1 Å². The van der Waals surface area contributed by atoms with Crippen molar-refractivity contribution in [3.63, 3.8) is 0 Å². The molecule has 204 valence electrons. The number of fused-ring (bicyclic) bond motifs is 1. The van der Waals surface area contributed by atoms with E-state index < -0.39 is 5.82 Å². The maximum atomic E-state index is 14.6. The van der Waals surface area contributed by atoms with Gasteiger partial charge in [0.2, 0.25) is 5.91 Å². The molecule has 0 bridgehead atoms. The van der Waals surface area contributed by atoms with Crippen molar-refractivity contribution < 1.29 is 23.1 Å². The first-order valence-corrected chi connectivity index (χ1v) is 13.7. The molecule has 38 heavy (non-hydrogen) atoms. The van der Waals surface area contributed by atoms with Crippen molar-refractivity contribution >= 4 is 34.5 Å². The first kappa shape index (κ1) is 26.7. The van der Waals surface area contributed by atoms with Crippen molar-refractivity contribution in [1.29, 1.82) is 0 Å². The number of rotatable bonds is 8. The van der Waals surface area contributed by atoms with Gasteiger partial charge in [0.25, 0.3) is 5.91 Å². The fourth-order valence-corrected chi connectivity index (χ4v) is 5.57. The van der Waals surface area contributed by atoms with Crippen LogP contribution in [0.4, 0.5) is 4.39 Å². The number of likely N-dealkylation sites (tertiary alicyclic amines) is 1. The van der Waals surface area contributed by atoms with Gasteiger partial charge in [-0.25, -0.2) is 4.39 Å². The van der Waals surface area contributed by atoms with E-state index in [0.29, 0.717) is 60.1 Å². The number of halogens is 2. The third-order valence-electron chi connectivity index (χ3n) is 7.52. The van der Waals surface area contributed by atoms with Crippen LogP contribution in [0.15, 0.2) is 34.7 Å². The van der Waals surface area contributed by atoms with Crippen LogP contribution in [0.2, 0.25) is 5.02 Å². The second-order valence-corrected chi connectivity index (χ2v) is 10.5. The SMILES string of the molecule is Cc1cc2c(cc(C(=O)N3CCC(C(=O)NCCCN4CCOCC4)CC3)n2Cc2c(F)cccc2Cl)o1. The molecule has 2 aliphatic heterocycles. The van der Waals surface area contributed by atoms with Crippen LogP contribution in [0.5, 0.6) is 0 Å². The van der Waals surface area contributed by atoms with Crippen molar-refractivity contribution in [3.05, 3.63) is 58.2 Å². The zero-order chi connectivity index (χ0) is 26.6. The summed E-state index contributed by atoms with van der Waals surface area (Å²) in [6, 6.07) is 8.12. The summed E-state index contributed by atoms with van der Waals surface area (Å²) in [6.45, 7) is 7.96. The minimum Gasteiger partial charge on any atom is -0.460 e. The third-order valence-corrected chi connectivity index (χ3v) is 7.87. The van der Waals surface area contributed by atoms with Crippen LogP contribution in [0.25, 0.3) is 11.1 Å². The Morgan fingerprint density at radius 2 is 1.89 bits per heavy atom. The smallest absolute Gasteiger partial charge is 0.270 e. The first-order valence-electron chi connectivity index (χ1n) is 13.3. The molecule has 0 unspecified atom stereocenters. The van der Waals surface area contributed by atoms with E-state index in [-0.39, 0.29) is 24.3 Å². The Bertz CT molecular complexity index is 1270. The van der Waals surface area contributed by atoms with Crippen LogP contribution in [0.3, 0.4) is 0 Å².